The van der Waals surface area contributed by atoms with E-state index in [1.807, 2.05) is 0 Å². The number of likely N-dealkylation sites (tertiary alicyclic amines) is 1. The van der Waals surface area contributed by atoms with Crippen LogP contribution in [0.5, 0.6) is 0 Å². The molecule has 1 saturated heterocycles. The van der Waals surface area contributed by atoms with Crippen LogP contribution in [-0.2, 0) is 9.59 Å². The van der Waals surface area contributed by atoms with Gasteiger partial charge in [-0.2, -0.15) is 0 Å². The first-order valence-corrected chi connectivity index (χ1v) is 6.45. The van der Waals surface area contributed by atoms with Gasteiger partial charge in [-0.05, 0) is 32.1 Å². The summed E-state index contributed by atoms with van der Waals surface area (Å²) in [5, 5.41) is 17.4. The molecule has 18 heavy (non-hydrogen) atoms. The van der Waals surface area contributed by atoms with E-state index in [1.54, 1.807) is 4.90 Å². The Morgan fingerprint density at radius 2 is 2.17 bits per heavy atom. The molecule has 6 nitrogen and oxygen atoms in total. The molecule has 104 valence electrons. The van der Waals surface area contributed by atoms with E-state index in [2.05, 4.69) is 0 Å². The summed E-state index contributed by atoms with van der Waals surface area (Å²) in [4.78, 5) is 24.3. The third-order valence-electron chi connectivity index (χ3n) is 3.34. The first kappa shape index (κ1) is 14.9. The monoisotopic (exact) mass is 258 g/mol. The van der Waals surface area contributed by atoms with Crippen LogP contribution in [0, 0.1) is 0 Å². The molecule has 0 radical (unpaired) electrons. The molecule has 6 heteroatoms. The van der Waals surface area contributed by atoms with Crippen LogP contribution >= 0.6 is 0 Å². The Morgan fingerprint density at radius 3 is 2.78 bits per heavy atom. The summed E-state index contributed by atoms with van der Waals surface area (Å²) in [6.45, 7) is 0.819. The summed E-state index contributed by atoms with van der Waals surface area (Å²) in [5.74, 6) is -1.09. The Morgan fingerprint density at radius 1 is 1.44 bits per heavy atom. The molecule has 4 N–H and O–H groups in total. The van der Waals surface area contributed by atoms with Crippen LogP contribution in [0.4, 0.5) is 0 Å². The first-order valence-electron chi connectivity index (χ1n) is 6.45. The number of nitrogens with two attached hydrogens (primary N) is 1. The molecule has 0 aromatic carbocycles. The highest BCUT2D eigenvalue weighted by atomic mass is 16.4. The summed E-state index contributed by atoms with van der Waals surface area (Å²) in [5.41, 5.74) is 5.73. The fourth-order valence-electron chi connectivity index (χ4n) is 2.37. The Hall–Kier alpha value is -1.14. The van der Waals surface area contributed by atoms with Gasteiger partial charge in [0.2, 0.25) is 5.91 Å². The van der Waals surface area contributed by atoms with Gasteiger partial charge in [0.25, 0.3) is 0 Å². The first-order chi connectivity index (χ1) is 8.56. The van der Waals surface area contributed by atoms with Crippen LogP contribution in [0.25, 0.3) is 0 Å². The molecule has 0 aromatic heterocycles. The van der Waals surface area contributed by atoms with E-state index in [1.165, 1.54) is 0 Å². The molecule has 1 heterocycles. The van der Waals surface area contributed by atoms with Gasteiger partial charge in [-0.1, -0.05) is 0 Å². The van der Waals surface area contributed by atoms with E-state index in [4.69, 9.17) is 15.9 Å². The van der Waals surface area contributed by atoms with Crippen molar-refractivity contribution in [2.45, 2.75) is 50.6 Å². The van der Waals surface area contributed by atoms with Gasteiger partial charge in [-0.3, -0.25) is 9.59 Å². The molecule has 1 aliphatic rings. The maximum absolute atomic E-state index is 12.1. The highest BCUT2D eigenvalue weighted by Gasteiger charge is 2.31. The van der Waals surface area contributed by atoms with Crippen molar-refractivity contribution in [3.63, 3.8) is 0 Å². The second-order valence-corrected chi connectivity index (χ2v) is 4.73. The zero-order valence-corrected chi connectivity index (χ0v) is 10.5. The van der Waals surface area contributed by atoms with Gasteiger partial charge in [-0.15, -0.1) is 0 Å². The van der Waals surface area contributed by atoms with Crippen LogP contribution in [-0.4, -0.2) is 52.2 Å². The van der Waals surface area contributed by atoms with Crippen molar-refractivity contribution < 1.29 is 19.8 Å². The standard InChI is InChI=1S/C12H22N2O4/c13-10(5-6-11(16)17)12(18)14-7-1-3-9(14)4-2-8-15/h9-10,15H,1-8,13H2,(H,16,17). The molecule has 0 spiro atoms. The van der Waals surface area contributed by atoms with Gasteiger partial charge >= 0.3 is 5.97 Å². The van der Waals surface area contributed by atoms with E-state index in [0.29, 0.717) is 13.0 Å². The number of hydrogen-bond acceptors (Lipinski definition) is 4. The topological polar surface area (TPSA) is 104 Å². The van der Waals surface area contributed by atoms with Crippen molar-refractivity contribution in [1.29, 1.82) is 0 Å². The highest BCUT2D eigenvalue weighted by Crippen LogP contribution is 2.22. The fraction of sp³-hybridized carbons (Fsp3) is 0.833. The van der Waals surface area contributed by atoms with Crippen LogP contribution in [0.1, 0.15) is 38.5 Å². The Kier molecular flexibility index (Phi) is 6.07. The number of aliphatic hydroxyl groups is 1. The number of aliphatic hydroxyl groups excluding tert-OH is 1. The van der Waals surface area contributed by atoms with Crippen molar-refractivity contribution in [2.75, 3.05) is 13.2 Å². The third-order valence-corrected chi connectivity index (χ3v) is 3.34. The molecule has 2 unspecified atom stereocenters. The summed E-state index contributed by atoms with van der Waals surface area (Å²) < 4.78 is 0. The van der Waals surface area contributed by atoms with Crippen LogP contribution in [0.2, 0.25) is 0 Å². The normalized spacial score (nSPS) is 21.0. The number of rotatable bonds is 7. The minimum Gasteiger partial charge on any atom is -0.481 e. The maximum atomic E-state index is 12.1. The SMILES string of the molecule is NC(CCC(=O)O)C(=O)N1CCCC1CCCO. The quantitative estimate of drug-likeness (QED) is 0.593. The second-order valence-electron chi connectivity index (χ2n) is 4.73. The number of amides is 1. The van der Waals surface area contributed by atoms with Crippen molar-refractivity contribution in [2.24, 2.45) is 5.73 Å². The minimum absolute atomic E-state index is 0.0813. The number of carboxylic acids is 1. The fourth-order valence-corrected chi connectivity index (χ4v) is 2.37. The summed E-state index contributed by atoms with van der Waals surface area (Å²) >= 11 is 0. The average molecular weight is 258 g/mol. The van der Waals surface area contributed by atoms with E-state index >= 15 is 0 Å². The van der Waals surface area contributed by atoms with Crippen LogP contribution in [0.3, 0.4) is 0 Å². The number of carbonyl (C=O) groups excluding carboxylic acids is 1. The van der Waals surface area contributed by atoms with E-state index in [9.17, 15) is 9.59 Å². The van der Waals surface area contributed by atoms with Gasteiger partial charge in [-0.25, -0.2) is 0 Å². The maximum Gasteiger partial charge on any atom is 0.303 e. The van der Waals surface area contributed by atoms with Crippen molar-refractivity contribution in [1.82, 2.24) is 4.90 Å². The number of aliphatic carboxylic acids is 1. The summed E-state index contributed by atoms with van der Waals surface area (Å²) in [6.07, 6.45) is 3.46. The number of nitrogens with zero attached hydrogens (tertiary/aromatic N) is 1. The molecule has 0 aliphatic carbocycles. The molecule has 2 atom stereocenters. The zero-order chi connectivity index (χ0) is 13.5. The van der Waals surface area contributed by atoms with E-state index < -0.39 is 12.0 Å². The minimum atomic E-state index is -0.934. The lowest BCUT2D eigenvalue weighted by Crippen LogP contribution is -2.46. The molecule has 1 amide bonds. The molecule has 0 bridgehead atoms. The second kappa shape index (κ2) is 7.33. The van der Waals surface area contributed by atoms with Gasteiger partial charge in [0.15, 0.2) is 0 Å². The lowest BCUT2D eigenvalue weighted by molar-refractivity contribution is -0.137. The number of hydrogen-bond donors (Lipinski definition) is 3. The average Bonchev–Trinajstić information content (AvgIpc) is 2.80. The van der Waals surface area contributed by atoms with Crippen LogP contribution < -0.4 is 5.73 Å². The van der Waals surface area contributed by atoms with E-state index in [0.717, 1.165) is 19.3 Å². The Labute approximate surface area is 107 Å². The number of carbonyl (C=O) groups is 2. The third kappa shape index (κ3) is 4.27. The lowest BCUT2D eigenvalue weighted by Gasteiger charge is -2.27. The summed E-state index contributed by atoms with van der Waals surface area (Å²) in [7, 11) is 0. The molecule has 1 fully saturated rings. The molecular formula is C12H22N2O4. The predicted octanol–water partition coefficient (Wildman–Crippen LogP) is -0.0580. The molecule has 0 saturated carbocycles. The lowest BCUT2D eigenvalue weighted by atomic mass is 10.1. The molecule has 1 aliphatic heterocycles. The highest BCUT2D eigenvalue weighted by molar-refractivity contribution is 5.82. The van der Waals surface area contributed by atoms with E-state index in [-0.39, 0.29) is 31.4 Å². The van der Waals surface area contributed by atoms with Gasteiger partial charge in [0, 0.05) is 25.6 Å². The largest absolute Gasteiger partial charge is 0.481 e. The van der Waals surface area contributed by atoms with Crippen LogP contribution in [0.15, 0.2) is 0 Å². The van der Waals surface area contributed by atoms with Crippen molar-refractivity contribution in [3.8, 4) is 0 Å². The van der Waals surface area contributed by atoms with Gasteiger partial charge in [0.1, 0.15) is 0 Å². The van der Waals surface area contributed by atoms with Crippen molar-refractivity contribution >= 4 is 11.9 Å². The summed E-state index contributed by atoms with van der Waals surface area (Å²) in [6, 6.07) is -0.573. The predicted molar refractivity (Wildman–Crippen MR) is 65.9 cm³/mol. The zero-order valence-electron chi connectivity index (χ0n) is 10.5. The molecule has 1 rings (SSSR count). The Balaban J connectivity index is 2.45. The number of carboxylic acid groups (broad SMARTS) is 1. The molecule has 0 aromatic rings. The van der Waals surface area contributed by atoms with Gasteiger partial charge in [0.05, 0.1) is 6.04 Å². The Bertz CT molecular complexity index is 296. The van der Waals surface area contributed by atoms with Gasteiger partial charge < -0.3 is 20.8 Å². The van der Waals surface area contributed by atoms with Crippen molar-refractivity contribution in [3.05, 3.63) is 0 Å². The molecular weight excluding hydrogens is 236 g/mol. The smallest absolute Gasteiger partial charge is 0.303 e.